The van der Waals surface area contributed by atoms with Crippen LogP contribution in [0.4, 0.5) is 4.79 Å². The Morgan fingerprint density at radius 2 is 2.00 bits per heavy atom. The van der Waals surface area contributed by atoms with E-state index in [9.17, 15) is 9.59 Å². The Bertz CT molecular complexity index is 941. The molecule has 8 nitrogen and oxygen atoms in total. The maximum Gasteiger partial charge on any atom is 0.315 e. The Hall–Kier alpha value is -3.00. The van der Waals surface area contributed by atoms with Crippen LogP contribution >= 0.6 is 0 Å². The number of piperidine rings is 1. The molecule has 0 saturated carbocycles. The van der Waals surface area contributed by atoms with E-state index in [1.165, 1.54) is 0 Å². The van der Waals surface area contributed by atoms with Crippen LogP contribution in [0.25, 0.3) is 11.4 Å². The van der Waals surface area contributed by atoms with E-state index >= 15 is 0 Å². The first-order valence-electron chi connectivity index (χ1n) is 10.0. The molecule has 4 heterocycles. The SMILES string of the molecule is O=C1NCC(C(=O)N2CCC3(CC2)OCCc2cnc(-c4ccccc4)nc23)N1. The number of nitrogens with one attached hydrogen (secondary N) is 2. The Morgan fingerprint density at radius 3 is 2.72 bits per heavy atom. The second kappa shape index (κ2) is 7.11. The zero-order valence-electron chi connectivity index (χ0n) is 16.1. The van der Waals surface area contributed by atoms with Gasteiger partial charge in [-0.1, -0.05) is 30.3 Å². The number of nitrogens with zero attached hydrogens (tertiary/aromatic N) is 3. The number of ether oxygens (including phenoxy) is 1. The lowest BCUT2D eigenvalue weighted by Crippen LogP contribution is -2.53. The summed E-state index contributed by atoms with van der Waals surface area (Å²) in [6, 6.07) is 9.17. The number of benzene rings is 1. The lowest BCUT2D eigenvalue weighted by molar-refractivity contribution is -0.142. The second-order valence-corrected chi connectivity index (χ2v) is 7.76. The number of hydrogen-bond acceptors (Lipinski definition) is 5. The number of amides is 3. The Kier molecular flexibility index (Phi) is 4.43. The van der Waals surface area contributed by atoms with Crippen LogP contribution in [0.3, 0.4) is 0 Å². The van der Waals surface area contributed by atoms with Crippen molar-refractivity contribution in [1.82, 2.24) is 25.5 Å². The lowest BCUT2D eigenvalue weighted by atomic mass is 9.83. The van der Waals surface area contributed by atoms with Crippen LogP contribution in [-0.2, 0) is 21.6 Å². The van der Waals surface area contributed by atoms with E-state index in [2.05, 4.69) is 15.6 Å². The molecular weight excluding hydrogens is 370 g/mol. The van der Waals surface area contributed by atoms with Gasteiger partial charge in [0.2, 0.25) is 5.91 Å². The van der Waals surface area contributed by atoms with E-state index in [-0.39, 0.29) is 11.9 Å². The third-order valence-electron chi connectivity index (χ3n) is 6.03. The minimum atomic E-state index is -0.483. The van der Waals surface area contributed by atoms with Crippen LogP contribution in [-0.4, -0.2) is 59.1 Å². The molecule has 3 aliphatic rings. The monoisotopic (exact) mass is 393 g/mol. The van der Waals surface area contributed by atoms with Gasteiger partial charge in [0.25, 0.3) is 0 Å². The molecule has 2 aromatic rings. The number of likely N-dealkylation sites (tertiary alicyclic amines) is 1. The molecule has 1 unspecified atom stereocenters. The van der Waals surface area contributed by atoms with E-state index < -0.39 is 11.6 Å². The number of hydrogen-bond donors (Lipinski definition) is 2. The lowest BCUT2D eigenvalue weighted by Gasteiger charge is -2.44. The van der Waals surface area contributed by atoms with Crippen LogP contribution in [0.15, 0.2) is 36.5 Å². The molecule has 0 bridgehead atoms. The standard InChI is InChI=1S/C21H23N5O3/c27-19(16-13-23-20(28)24-16)26-9-7-21(8-10-26)17-15(6-11-29-21)12-22-18(25-17)14-4-2-1-3-5-14/h1-5,12,16H,6-11,13H2,(H2,23,24,28). The predicted octanol–water partition coefficient (Wildman–Crippen LogP) is 1.22. The number of fused-ring (bicyclic) bond motifs is 2. The average Bonchev–Trinajstić information content (AvgIpc) is 3.21. The zero-order valence-corrected chi connectivity index (χ0v) is 16.1. The molecule has 3 aliphatic heterocycles. The van der Waals surface area contributed by atoms with E-state index in [0.29, 0.717) is 44.9 Å². The minimum Gasteiger partial charge on any atom is -0.368 e. The van der Waals surface area contributed by atoms with Gasteiger partial charge in [-0.25, -0.2) is 14.8 Å². The Balaban J connectivity index is 1.38. The molecular formula is C21H23N5O3. The molecule has 29 heavy (non-hydrogen) atoms. The smallest absolute Gasteiger partial charge is 0.315 e. The van der Waals surface area contributed by atoms with E-state index in [4.69, 9.17) is 9.72 Å². The Morgan fingerprint density at radius 1 is 1.21 bits per heavy atom. The van der Waals surface area contributed by atoms with Crippen LogP contribution < -0.4 is 10.6 Å². The van der Waals surface area contributed by atoms with Gasteiger partial charge in [0, 0.05) is 31.4 Å². The molecule has 1 aromatic carbocycles. The number of rotatable bonds is 2. The third kappa shape index (κ3) is 3.23. The van der Waals surface area contributed by atoms with Crippen molar-refractivity contribution in [3.05, 3.63) is 47.8 Å². The molecule has 3 amide bonds. The predicted molar refractivity (Wildman–Crippen MR) is 105 cm³/mol. The van der Waals surface area contributed by atoms with Gasteiger partial charge in [0.05, 0.1) is 12.3 Å². The fraction of sp³-hybridized carbons (Fsp3) is 0.429. The van der Waals surface area contributed by atoms with E-state index in [1.54, 1.807) is 0 Å². The van der Waals surface area contributed by atoms with Crippen molar-refractivity contribution >= 4 is 11.9 Å². The summed E-state index contributed by atoms with van der Waals surface area (Å²) in [5.74, 6) is 0.661. The molecule has 8 heteroatoms. The summed E-state index contributed by atoms with van der Waals surface area (Å²) in [7, 11) is 0. The van der Waals surface area contributed by atoms with Crippen LogP contribution in [0.5, 0.6) is 0 Å². The van der Waals surface area contributed by atoms with Crippen molar-refractivity contribution in [2.45, 2.75) is 30.9 Å². The molecule has 2 fully saturated rings. The van der Waals surface area contributed by atoms with Crippen LogP contribution in [0, 0.1) is 0 Å². The molecule has 0 radical (unpaired) electrons. The summed E-state index contributed by atoms with van der Waals surface area (Å²) in [5.41, 5.74) is 2.59. The van der Waals surface area contributed by atoms with Crippen molar-refractivity contribution in [3.63, 3.8) is 0 Å². The topological polar surface area (TPSA) is 96.5 Å². The number of aromatic nitrogens is 2. The van der Waals surface area contributed by atoms with Gasteiger partial charge in [0.15, 0.2) is 5.82 Å². The van der Waals surface area contributed by atoms with Gasteiger partial charge in [-0.15, -0.1) is 0 Å². The van der Waals surface area contributed by atoms with Gasteiger partial charge >= 0.3 is 6.03 Å². The van der Waals surface area contributed by atoms with Crippen molar-refractivity contribution in [1.29, 1.82) is 0 Å². The molecule has 150 valence electrons. The quantitative estimate of drug-likeness (QED) is 0.800. The summed E-state index contributed by atoms with van der Waals surface area (Å²) >= 11 is 0. The highest BCUT2D eigenvalue weighted by atomic mass is 16.5. The van der Waals surface area contributed by atoms with Gasteiger partial charge in [-0.2, -0.15) is 0 Å². The fourth-order valence-corrected chi connectivity index (χ4v) is 4.43. The summed E-state index contributed by atoms with van der Waals surface area (Å²) in [5, 5.41) is 5.31. The number of carbonyl (C=O) groups is 2. The maximum absolute atomic E-state index is 12.7. The molecule has 5 rings (SSSR count). The summed E-state index contributed by atoms with van der Waals surface area (Å²) in [6.45, 7) is 2.13. The highest BCUT2D eigenvalue weighted by molar-refractivity contribution is 5.90. The van der Waals surface area contributed by atoms with Gasteiger partial charge < -0.3 is 20.3 Å². The van der Waals surface area contributed by atoms with Crippen molar-refractivity contribution in [3.8, 4) is 11.4 Å². The zero-order chi connectivity index (χ0) is 19.8. The first-order valence-corrected chi connectivity index (χ1v) is 10.0. The fourth-order valence-electron chi connectivity index (χ4n) is 4.43. The summed E-state index contributed by atoms with van der Waals surface area (Å²) in [6.07, 6.45) is 4.09. The number of carbonyl (C=O) groups excluding carboxylic acids is 2. The number of urea groups is 1. The molecule has 1 aromatic heterocycles. The Labute approximate surface area is 168 Å². The molecule has 2 saturated heterocycles. The van der Waals surface area contributed by atoms with Crippen LogP contribution in [0.2, 0.25) is 0 Å². The average molecular weight is 393 g/mol. The highest BCUT2D eigenvalue weighted by Crippen LogP contribution is 2.41. The van der Waals surface area contributed by atoms with Crippen molar-refractivity contribution in [2.24, 2.45) is 0 Å². The normalized spacial score (nSPS) is 22.7. The highest BCUT2D eigenvalue weighted by Gasteiger charge is 2.44. The van der Waals surface area contributed by atoms with Crippen molar-refractivity contribution < 1.29 is 14.3 Å². The molecule has 0 aliphatic carbocycles. The molecule has 1 atom stereocenters. The van der Waals surface area contributed by atoms with Crippen molar-refractivity contribution in [2.75, 3.05) is 26.2 Å². The van der Waals surface area contributed by atoms with E-state index in [0.717, 1.165) is 23.2 Å². The summed E-state index contributed by atoms with van der Waals surface area (Å²) in [4.78, 5) is 35.3. The van der Waals surface area contributed by atoms with Crippen LogP contribution in [0.1, 0.15) is 24.1 Å². The largest absolute Gasteiger partial charge is 0.368 e. The minimum absolute atomic E-state index is 0.0399. The van der Waals surface area contributed by atoms with Gasteiger partial charge in [0.1, 0.15) is 11.6 Å². The molecule has 2 N–H and O–H groups in total. The third-order valence-corrected chi connectivity index (χ3v) is 6.03. The maximum atomic E-state index is 12.7. The van der Waals surface area contributed by atoms with E-state index in [1.807, 2.05) is 41.4 Å². The second-order valence-electron chi connectivity index (χ2n) is 7.76. The van der Waals surface area contributed by atoms with Gasteiger partial charge in [-0.05, 0) is 24.8 Å². The summed E-state index contributed by atoms with van der Waals surface area (Å²) < 4.78 is 6.28. The first kappa shape index (κ1) is 18.1. The van der Waals surface area contributed by atoms with Gasteiger partial charge in [-0.3, -0.25) is 4.79 Å². The first-order chi connectivity index (χ1) is 14.1. The molecule has 1 spiro atoms.